The number of sulfonamides is 1. The zero-order valence-corrected chi connectivity index (χ0v) is 28.8. The summed E-state index contributed by atoms with van der Waals surface area (Å²) in [6.07, 6.45) is 1.66. The molecule has 3 N–H and O–H groups in total. The molecule has 2 amide bonds. The predicted molar refractivity (Wildman–Crippen MR) is 186 cm³/mol. The molecule has 2 aliphatic rings. The van der Waals surface area contributed by atoms with Crippen molar-refractivity contribution in [2.24, 2.45) is 5.92 Å². The molecule has 48 heavy (non-hydrogen) atoms. The number of amides is 2. The smallest absolute Gasteiger partial charge is 0.247 e. The van der Waals surface area contributed by atoms with E-state index in [-0.39, 0.29) is 34.6 Å². The third kappa shape index (κ3) is 6.91. The summed E-state index contributed by atoms with van der Waals surface area (Å²) >= 11 is 0. The van der Waals surface area contributed by atoms with Gasteiger partial charge in [0.25, 0.3) is 0 Å². The van der Waals surface area contributed by atoms with Crippen LogP contribution in [0.4, 0.5) is 17.1 Å². The van der Waals surface area contributed by atoms with Crippen LogP contribution < -0.4 is 39.9 Å². The molecule has 0 spiro atoms. The van der Waals surface area contributed by atoms with E-state index in [1.165, 1.54) is 31.5 Å². The van der Waals surface area contributed by atoms with Gasteiger partial charge in [0.1, 0.15) is 6.04 Å². The van der Waals surface area contributed by atoms with E-state index in [0.717, 1.165) is 11.1 Å². The molecule has 1 saturated heterocycles. The quantitative estimate of drug-likeness (QED) is 0.282. The Kier molecular flexibility index (Phi) is 10.2. The van der Waals surface area contributed by atoms with Gasteiger partial charge in [-0.2, -0.15) is 0 Å². The van der Waals surface area contributed by atoms with E-state index in [0.29, 0.717) is 65.6 Å². The number of anilines is 3. The van der Waals surface area contributed by atoms with Crippen molar-refractivity contribution < 1.29 is 32.2 Å². The minimum Gasteiger partial charge on any atom is -0.493 e. The highest BCUT2D eigenvalue weighted by atomic mass is 32.2. The number of nitrogens with zero attached hydrogens (tertiary/aromatic N) is 1. The number of carbonyl (C=O) groups excluding carboxylic acids is 2. The maximum Gasteiger partial charge on any atom is 0.247 e. The van der Waals surface area contributed by atoms with Crippen LogP contribution in [-0.2, 0) is 26.0 Å². The van der Waals surface area contributed by atoms with Gasteiger partial charge in [-0.25, -0.2) is 8.42 Å². The molecule has 1 fully saturated rings. The molecule has 0 bridgehead atoms. The molecule has 3 aromatic carbocycles. The number of ether oxygens (including phenoxy) is 3. The number of aryl methyl sites for hydroxylation is 1. The van der Waals surface area contributed by atoms with Crippen molar-refractivity contribution in [1.82, 2.24) is 5.32 Å². The van der Waals surface area contributed by atoms with Crippen molar-refractivity contribution in [3.05, 3.63) is 69.9 Å². The first-order valence-corrected chi connectivity index (χ1v) is 17.4. The molecular weight excluding hydrogens is 636 g/mol. The van der Waals surface area contributed by atoms with E-state index >= 15 is 0 Å². The second-order valence-electron chi connectivity index (χ2n) is 12.2. The van der Waals surface area contributed by atoms with Gasteiger partial charge in [0.05, 0.1) is 44.5 Å². The second kappa shape index (κ2) is 14.1. The van der Waals surface area contributed by atoms with Crippen LogP contribution in [0.25, 0.3) is 11.1 Å². The molecule has 13 heteroatoms. The minimum absolute atomic E-state index is 0.117. The van der Waals surface area contributed by atoms with Gasteiger partial charge in [-0.3, -0.25) is 18.7 Å². The number of carbonyl (C=O) groups is 2. The first-order valence-electron chi connectivity index (χ1n) is 15.8. The standard InChI is InChI=1S/C35H42N4O8S/c1-20(2)32(35(42)37-23-9-11-24(12-10-23)39-16-7-17-48(39,43)44)38-28-15-13-25-26(19-29(28)41)27(36-21(3)40)14-8-22-18-30(45-4)33(46-5)34(47-6)31(22)25/h9-13,15,18-20,27,32H,7-8,14,16-17H2,1-6H3,(H,36,40)(H,37,42)(H,38,41)/t27-,32-/m1/s1. The fourth-order valence-corrected chi connectivity index (χ4v) is 7.95. The molecule has 0 radical (unpaired) electrons. The highest BCUT2D eigenvalue weighted by Gasteiger charge is 2.31. The van der Waals surface area contributed by atoms with E-state index in [2.05, 4.69) is 16.0 Å². The topological polar surface area (TPSA) is 152 Å². The Morgan fingerprint density at radius 3 is 2.25 bits per heavy atom. The average Bonchev–Trinajstić information content (AvgIpc) is 3.24. The summed E-state index contributed by atoms with van der Waals surface area (Å²) in [5.74, 6) is 0.653. The minimum atomic E-state index is -3.32. The molecule has 0 saturated carbocycles. The third-order valence-electron chi connectivity index (χ3n) is 8.70. The van der Waals surface area contributed by atoms with Crippen LogP contribution in [0.2, 0.25) is 0 Å². The zero-order valence-electron chi connectivity index (χ0n) is 28.0. The van der Waals surface area contributed by atoms with Crippen molar-refractivity contribution in [3.63, 3.8) is 0 Å². The Balaban J connectivity index is 1.51. The summed E-state index contributed by atoms with van der Waals surface area (Å²) < 4.78 is 43.1. The largest absolute Gasteiger partial charge is 0.493 e. The van der Waals surface area contributed by atoms with Crippen LogP contribution >= 0.6 is 0 Å². The van der Waals surface area contributed by atoms with Gasteiger partial charge in [0.15, 0.2) is 11.5 Å². The number of benzene rings is 2. The molecule has 1 heterocycles. The Morgan fingerprint density at radius 2 is 1.67 bits per heavy atom. The van der Waals surface area contributed by atoms with Crippen LogP contribution in [0, 0.1) is 5.92 Å². The molecule has 256 valence electrons. The molecule has 0 aromatic heterocycles. The SMILES string of the molecule is COc1cc2c(c(OC)c1OC)-c1ccc(N[C@@H](C(=O)Nc3ccc(N4CCCS4(=O)=O)cc3)C(C)C)c(=O)cc1[C@H](NC(C)=O)CC2. The number of hydrogen-bond acceptors (Lipinski definition) is 9. The van der Waals surface area contributed by atoms with Gasteiger partial charge in [0.2, 0.25) is 33.0 Å². The van der Waals surface area contributed by atoms with Crippen LogP contribution in [0.3, 0.4) is 0 Å². The lowest BCUT2D eigenvalue weighted by atomic mass is 9.95. The monoisotopic (exact) mass is 678 g/mol. The van der Waals surface area contributed by atoms with Gasteiger partial charge in [-0.15, -0.1) is 0 Å². The predicted octanol–water partition coefficient (Wildman–Crippen LogP) is 4.48. The van der Waals surface area contributed by atoms with Crippen LogP contribution in [0.5, 0.6) is 17.2 Å². The van der Waals surface area contributed by atoms with Crippen LogP contribution in [0.1, 0.15) is 50.8 Å². The fraction of sp³-hybridized carbons (Fsp3) is 0.400. The highest BCUT2D eigenvalue weighted by molar-refractivity contribution is 7.93. The van der Waals surface area contributed by atoms with Crippen molar-refractivity contribution >= 4 is 38.9 Å². The average molecular weight is 679 g/mol. The molecule has 2 atom stereocenters. The summed E-state index contributed by atoms with van der Waals surface area (Å²) in [5, 5.41) is 9.05. The Bertz CT molecular complexity index is 1880. The first kappa shape index (κ1) is 34.6. The lowest BCUT2D eigenvalue weighted by molar-refractivity contribution is -0.120. The maximum atomic E-state index is 13.8. The summed E-state index contributed by atoms with van der Waals surface area (Å²) in [6, 6.07) is 12.2. The molecule has 3 aromatic rings. The molecule has 1 aliphatic heterocycles. The van der Waals surface area contributed by atoms with Gasteiger partial charge >= 0.3 is 0 Å². The number of hydrogen-bond donors (Lipinski definition) is 3. The molecule has 5 rings (SSSR count). The summed E-state index contributed by atoms with van der Waals surface area (Å²) in [5.41, 5.74) is 3.80. The molecule has 1 aliphatic carbocycles. The van der Waals surface area contributed by atoms with E-state index in [4.69, 9.17) is 14.2 Å². The summed E-state index contributed by atoms with van der Waals surface area (Å²) in [7, 11) is 1.29. The molecule has 12 nitrogen and oxygen atoms in total. The van der Waals surface area contributed by atoms with E-state index in [9.17, 15) is 22.8 Å². The van der Waals surface area contributed by atoms with Crippen molar-refractivity contribution in [3.8, 4) is 28.4 Å². The number of rotatable bonds is 10. The number of methoxy groups -OCH3 is 3. The van der Waals surface area contributed by atoms with E-state index < -0.39 is 22.1 Å². The summed E-state index contributed by atoms with van der Waals surface area (Å²) in [6.45, 7) is 5.60. The number of fused-ring (bicyclic) bond motifs is 3. The van der Waals surface area contributed by atoms with Gasteiger partial charge < -0.3 is 30.2 Å². The Labute approximate surface area is 280 Å². The maximum absolute atomic E-state index is 13.8. The highest BCUT2D eigenvalue weighted by Crippen LogP contribution is 2.50. The van der Waals surface area contributed by atoms with Crippen molar-refractivity contribution in [1.29, 1.82) is 0 Å². The lowest BCUT2D eigenvalue weighted by Crippen LogP contribution is -2.39. The second-order valence-corrected chi connectivity index (χ2v) is 14.3. The van der Waals surface area contributed by atoms with Crippen LogP contribution in [0.15, 0.2) is 53.3 Å². The lowest BCUT2D eigenvalue weighted by Gasteiger charge is -2.22. The zero-order chi connectivity index (χ0) is 34.7. The van der Waals surface area contributed by atoms with Gasteiger partial charge in [-0.1, -0.05) is 19.9 Å². The normalized spacial score (nSPS) is 17.0. The number of nitrogens with one attached hydrogen (secondary N) is 3. The van der Waals surface area contributed by atoms with Crippen molar-refractivity contribution in [2.75, 3.05) is 48.6 Å². The Morgan fingerprint density at radius 1 is 0.958 bits per heavy atom. The van der Waals surface area contributed by atoms with Gasteiger partial charge in [-0.05, 0) is 84.3 Å². The Hall–Kier alpha value is -4.78. The van der Waals surface area contributed by atoms with Crippen LogP contribution in [-0.4, -0.2) is 59.9 Å². The summed E-state index contributed by atoms with van der Waals surface area (Å²) in [4.78, 5) is 39.7. The van der Waals surface area contributed by atoms with Gasteiger partial charge in [0, 0.05) is 24.7 Å². The third-order valence-corrected chi connectivity index (χ3v) is 10.6. The first-order chi connectivity index (χ1) is 22.9. The van der Waals surface area contributed by atoms with Crippen molar-refractivity contribution in [2.45, 2.75) is 52.1 Å². The van der Waals surface area contributed by atoms with E-state index in [1.807, 2.05) is 19.9 Å². The van der Waals surface area contributed by atoms with E-state index in [1.54, 1.807) is 43.5 Å². The molecular formula is C35H42N4O8S. The fourth-order valence-electron chi connectivity index (χ4n) is 6.39. The molecule has 0 unspecified atom stereocenters.